The minimum absolute atomic E-state index is 0.255. The number of fused-ring (bicyclic) bond motifs is 1. The summed E-state index contributed by atoms with van der Waals surface area (Å²) in [4.78, 5) is 22.5. The van der Waals surface area contributed by atoms with Crippen LogP contribution in [0.25, 0.3) is 12.2 Å². The highest BCUT2D eigenvalue weighted by atomic mass is 16.1. The van der Waals surface area contributed by atoms with Crippen LogP contribution >= 0.6 is 0 Å². The van der Waals surface area contributed by atoms with Crippen LogP contribution in [-0.4, -0.2) is 10.2 Å². The molecule has 13 heavy (non-hydrogen) atoms. The summed E-state index contributed by atoms with van der Waals surface area (Å²) in [5.41, 5.74) is -0.521. The van der Waals surface area contributed by atoms with Gasteiger partial charge in [-0.25, -0.2) is 0 Å². The van der Waals surface area contributed by atoms with Gasteiger partial charge in [-0.3, -0.25) is 19.8 Å². The number of hydrogen-bond donors (Lipinski definition) is 2. The minimum Gasteiger partial charge on any atom is -0.267 e. The predicted molar refractivity (Wildman–Crippen MR) is 49.6 cm³/mol. The van der Waals surface area contributed by atoms with Crippen molar-refractivity contribution < 1.29 is 0 Å². The van der Waals surface area contributed by atoms with Gasteiger partial charge in [0.2, 0.25) is 0 Å². The van der Waals surface area contributed by atoms with E-state index < -0.39 is 0 Å². The number of aromatic amines is 2. The van der Waals surface area contributed by atoms with E-state index in [0.717, 1.165) is 0 Å². The normalized spacial score (nSPS) is 13.8. The molecule has 4 nitrogen and oxygen atoms in total. The summed E-state index contributed by atoms with van der Waals surface area (Å²) in [6, 6.07) is 0. The highest BCUT2D eigenvalue weighted by Gasteiger charge is 1.96. The van der Waals surface area contributed by atoms with Crippen molar-refractivity contribution in [3.05, 3.63) is 43.3 Å². The average molecular weight is 176 g/mol. The summed E-state index contributed by atoms with van der Waals surface area (Å²) in [6.45, 7) is 0. The first-order valence-corrected chi connectivity index (χ1v) is 3.97. The Hall–Kier alpha value is -1.84. The first-order valence-electron chi connectivity index (χ1n) is 3.97. The third-order valence-corrected chi connectivity index (χ3v) is 1.93. The van der Waals surface area contributed by atoms with Crippen molar-refractivity contribution in [1.82, 2.24) is 10.2 Å². The zero-order valence-corrected chi connectivity index (χ0v) is 6.83. The van der Waals surface area contributed by atoms with Gasteiger partial charge in [-0.15, -0.1) is 0 Å². The summed E-state index contributed by atoms with van der Waals surface area (Å²) in [5.74, 6) is 0. The summed E-state index contributed by atoms with van der Waals surface area (Å²) < 4.78 is 0. The van der Waals surface area contributed by atoms with Crippen molar-refractivity contribution in [3.8, 4) is 0 Å². The van der Waals surface area contributed by atoms with Gasteiger partial charge in [0.1, 0.15) is 0 Å². The molecule has 0 unspecified atom stereocenters. The molecule has 0 amide bonds. The second-order valence-corrected chi connectivity index (χ2v) is 2.77. The van der Waals surface area contributed by atoms with E-state index in [-0.39, 0.29) is 11.1 Å². The van der Waals surface area contributed by atoms with Crippen molar-refractivity contribution in [3.63, 3.8) is 0 Å². The number of H-pyrrole nitrogens is 2. The molecule has 66 valence electrons. The van der Waals surface area contributed by atoms with E-state index in [2.05, 4.69) is 10.2 Å². The molecule has 0 saturated carbocycles. The number of rotatable bonds is 0. The summed E-state index contributed by atoms with van der Waals surface area (Å²) in [6.07, 6.45) is 7.72. The third-order valence-electron chi connectivity index (χ3n) is 1.93. The molecule has 1 aromatic heterocycles. The number of nitrogens with one attached hydrogen (secondary N) is 2. The topological polar surface area (TPSA) is 65.7 Å². The molecule has 1 aromatic rings. The second-order valence-electron chi connectivity index (χ2n) is 2.77. The van der Waals surface area contributed by atoms with Crippen molar-refractivity contribution in [2.24, 2.45) is 0 Å². The predicted octanol–water partition coefficient (Wildman–Crippen LogP) is -1.42. The van der Waals surface area contributed by atoms with Gasteiger partial charge in [-0.05, 0) is 12.5 Å². The lowest BCUT2D eigenvalue weighted by molar-refractivity contribution is 0.923. The fraction of sp³-hybridized carbons (Fsp3) is 0.111. The molecule has 0 saturated heterocycles. The standard InChI is InChI=1S/C9H8N2O2/c12-8-6-4-2-1-3-5-7(6)9(13)11-10-8/h1-2,4-5H,3H2,(H,10,12)(H,11,13). The third kappa shape index (κ3) is 1.26. The van der Waals surface area contributed by atoms with Gasteiger partial charge in [0.15, 0.2) is 0 Å². The van der Waals surface area contributed by atoms with Gasteiger partial charge in [0, 0.05) is 0 Å². The van der Waals surface area contributed by atoms with Crippen LogP contribution in [0.2, 0.25) is 0 Å². The molecule has 4 heteroatoms. The fourth-order valence-corrected chi connectivity index (χ4v) is 1.29. The number of allylic oxidation sites excluding steroid dienone is 2. The van der Waals surface area contributed by atoms with Crippen molar-refractivity contribution >= 4 is 12.2 Å². The Morgan fingerprint density at radius 2 is 1.77 bits per heavy atom. The highest BCUT2D eigenvalue weighted by Crippen LogP contribution is 1.85. The molecular formula is C9H8N2O2. The van der Waals surface area contributed by atoms with Crippen molar-refractivity contribution in [1.29, 1.82) is 0 Å². The quantitative estimate of drug-likeness (QED) is 0.509. The van der Waals surface area contributed by atoms with Crippen molar-refractivity contribution in [2.75, 3.05) is 0 Å². The van der Waals surface area contributed by atoms with E-state index in [1.165, 1.54) is 0 Å². The Morgan fingerprint density at radius 3 is 2.54 bits per heavy atom. The minimum atomic E-state index is -0.266. The zero-order chi connectivity index (χ0) is 9.26. The Kier molecular flexibility index (Phi) is 1.73. The fourth-order valence-electron chi connectivity index (χ4n) is 1.29. The molecule has 0 bridgehead atoms. The maximum atomic E-state index is 11.3. The van der Waals surface area contributed by atoms with Crippen LogP contribution in [0.4, 0.5) is 0 Å². The lowest BCUT2D eigenvalue weighted by Crippen LogP contribution is -2.50. The highest BCUT2D eigenvalue weighted by molar-refractivity contribution is 5.42. The summed E-state index contributed by atoms with van der Waals surface area (Å²) in [7, 11) is 0. The molecule has 1 aliphatic carbocycles. The molecule has 2 rings (SSSR count). The van der Waals surface area contributed by atoms with Crippen LogP contribution in [-0.2, 0) is 0 Å². The maximum Gasteiger partial charge on any atom is 0.270 e. The van der Waals surface area contributed by atoms with E-state index in [4.69, 9.17) is 0 Å². The molecular weight excluding hydrogens is 168 g/mol. The van der Waals surface area contributed by atoms with E-state index in [1.54, 1.807) is 18.2 Å². The van der Waals surface area contributed by atoms with Crippen LogP contribution in [0, 0.1) is 0 Å². The van der Waals surface area contributed by atoms with Crippen LogP contribution < -0.4 is 21.6 Å². The van der Waals surface area contributed by atoms with Crippen LogP contribution in [0.1, 0.15) is 6.42 Å². The maximum absolute atomic E-state index is 11.3. The van der Waals surface area contributed by atoms with E-state index >= 15 is 0 Å². The van der Waals surface area contributed by atoms with Gasteiger partial charge in [0.05, 0.1) is 10.4 Å². The molecule has 0 atom stereocenters. The molecule has 0 aliphatic heterocycles. The Labute approximate surface area is 72.9 Å². The molecule has 1 heterocycles. The summed E-state index contributed by atoms with van der Waals surface area (Å²) >= 11 is 0. The molecule has 0 spiro atoms. The summed E-state index contributed by atoms with van der Waals surface area (Å²) in [5, 5.41) is 5.44. The van der Waals surface area contributed by atoms with Gasteiger partial charge in [-0.2, -0.15) is 0 Å². The van der Waals surface area contributed by atoms with E-state index in [0.29, 0.717) is 16.9 Å². The molecule has 0 radical (unpaired) electrons. The number of aromatic nitrogens is 2. The molecule has 0 aromatic carbocycles. The average Bonchev–Trinajstić information content (AvgIpc) is 2.37. The molecule has 0 fully saturated rings. The van der Waals surface area contributed by atoms with Crippen molar-refractivity contribution in [2.45, 2.75) is 6.42 Å². The smallest absolute Gasteiger partial charge is 0.267 e. The Morgan fingerprint density at radius 1 is 1.08 bits per heavy atom. The van der Waals surface area contributed by atoms with E-state index in [1.807, 2.05) is 6.08 Å². The van der Waals surface area contributed by atoms with Gasteiger partial charge in [-0.1, -0.05) is 18.2 Å². The van der Waals surface area contributed by atoms with Gasteiger partial charge >= 0.3 is 0 Å². The van der Waals surface area contributed by atoms with Crippen LogP contribution in [0.3, 0.4) is 0 Å². The monoisotopic (exact) mass is 176 g/mol. The largest absolute Gasteiger partial charge is 0.270 e. The molecule has 2 N–H and O–H groups in total. The van der Waals surface area contributed by atoms with Gasteiger partial charge in [0.25, 0.3) is 11.1 Å². The van der Waals surface area contributed by atoms with Crippen LogP contribution in [0.5, 0.6) is 0 Å². The SMILES string of the molecule is O=c1[nH][nH]c(=O)c2c1=CC=CCC=2. The first kappa shape index (κ1) is 7.79. The van der Waals surface area contributed by atoms with Crippen LogP contribution in [0.15, 0.2) is 21.7 Å². The van der Waals surface area contributed by atoms with Gasteiger partial charge < -0.3 is 0 Å². The Balaban J connectivity index is 3.10. The van der Waals surface area contributed by atoms with E-state index in [9.17, 15) is 9.59 Å². The lowest BCUT2D eigenvalue weighted by Gasteiger charge is -1.86. The Bertz CT molecular complexity index is 575. The molecule has 1 aliphatic rings. The number of hydrogen-bond acceptors (Lipinski definition) is 2. The second kappa shape index (κ2) is 2.90. The lowest BCUT2D eigenvalue weighted by atomic mass is 10.3. The first-order chi connectivity index (χ1) is 6.29. The zero-order valence-electron chi connectivity index (χ0n) is 6.83.